The molecule has 0 bridgehead atoms. The van der Waals surface area contributed by atoms with Crippen LogP contribution in [-0.2, 0) is 0 Å². The van der Waals surface area contributed by atoms with Crippen molar-refractivity contribution in [2.45, 2.75) is 13.0 Å². The summed E-state index contributed by atoms with van der Waals surface area (Å²) < 4.78 is 10.6. The Labute approximate surface area is 143 Å². The fourth-order valence-electron chi connectivity index (χ4n) is 2.01. The largest absolute Gasteiger partial charge is 0.493 e. The number of benzene rings is 1. The molecule has 7 heteroatoms. The summed E-state index contributed by atoms with van der Waals surface area (Å²) in [4.78, 5) is 12.2. The van der Waals surface area contributed by atoms with E-state index in [1.54, 1.807) is 6.07 Å². The lowest BCUT2D eigenvalue weighted by molar-refractivity contribution is 0.0916. The van der Waals surface area contributed by atoms with Gasteiger partial charge in [0.25, 0.3) is 5.91 Å². The van der Waals surface area contributed by atoms with Crippen LogP contribution >= 0.6 is 22.9 Å². The van der Waals surface area contributed by atoms with Gasteiger partial charge in [-0.05, 0) is 41.4 Å². The zero-order valence-electron chi connectivity index (χ0n) is 12.8. The van der Waals surface area contributed by atoms with Crippen LogP contribution in [0.2, 0.25) is 5.02 Å². The van der Waals surface area contributed by atoms with Crippen molar-refractivity contribution in [3.8, 4) is 11.5 Å². The number of amides is 1. The van der Waals surface area contributed by atoms with Crippen LogP contribution in [0.15, 0.2) is 29.0 Å². The minimum absolute atomic E-state index is 0.114. The van der Waals surface area contributed by atoms with E-state index in [4.69, 9.17) is 21.1 Å². The Morgan fingerprint density at radius 1 is 1.48 bits per heavy atom. The molecule has 1 heterocycles. The van der Waals surface area contributed by atoms with Crippen LogP contribution in [0.5, 0.6) is 11.5 Å². The van der Waals surface area contributed by atoms with E-state index in [1.807, 2.05) is 23.8 Å². The Balaban J connectivity index is 2.08. The second-order valence-electron chi connectivity index (χ2n) is 4.70. The Morgan fingerprint density at radius 3 is 2.87 bits per heavy atom. The number of aliphatic hydroxyl groups is 1. The lowest BCUT2D eigenvalue weighted by atomic mass is 10.1. The van der Waals surface area contributed by atoms with Gasteiger partial charge < -0.3 is 19.9 Å². The molecule has 124 valence electrons. The Morgan fingerprint density at radius 2 is 2.26 bits per heavy atom. The number of nitrogens with one attached hydrogen (secondary N) is 1. The number of hydrogen-bond acceptors (Lipinski definition) is 5. The molecule has 1 atom stereocenters. The van der Waals surface area contributed by atoms with Crippen molar-refractivity contribution >= 4 is 28.8 Å². The number of aliphatic hydroxyl groups excluding tert-OH is 1. The SMILES string of the molecule is CCOc1c(Cl)cc(C(=O)NCC(O)c2ccsc2)cc1OC. The molecule has 0 fully saturated rings. The molecule has 23 heavy (non-hydrogen) atoms. The summed E-state index contributed by atoms with van der Waals surface area (Å²) in [5.74, 6) is 0.455. The second kappa shape index (κ2) is 8.19. The topological polar surface area (TPSA) is 67.8 Å². The maximum absolute atomic E-state index is 12.2. The standard InChI is InChI=1S/C16H18ClNO4S/c1-3-22-15-12(17)6-11(7-14(15)21-2)16(20)18-8-13(19)10-4-5-23-9-10/h4-7,9,13,19H,3,8H2,1-2H3,(H,18,20). The van der Waals surface area contributed by atoms with Crippen molar-refractivity contribution in [1.82, 2.24) is 5.32 Å². The third-order valence-corrected chi connectivity index (χ3v) is 4.15. The monoisotopic (exact) mass is 355 g/mol. The number of thiophene rings is 1. The van der Waals surface area contributed by atoms with Gasteiger partial charge in [0.15, 0.2) is 11.5 Å². The molecular formula is C16H18ClNO4S. The molecule has 0 aliphatic carbocycles. The van der Waals surface area contributed by atoms with Gasteiger partial charge in [0, 0.05) is 12.1 Å². The van der Waals surface area contributed by atoms with Crippen LogP contribution in [0.25, 0.3) is 0 Å². The van der Waals surface area contributed by atoms with E-state index in [9.17, 15) is 9.90 Å². The van der Waals surface area contributed by atoms with Crippen LogP contribution in [0, 0.1) is 0 Å². The minimum Gasteiger partial charge on any atom is -0.493 e. The Hall–Kier alpha value is -1.76. The van der Waals surface area contributed by atoms with Crippen molar-refractivity contribution in [2.75, 3.05) is 20.3 Å². The normalized spacial score (nSPS) is 11.8. The molecule has 0 spiro atoms. The minimum atomic E-state index is -0.745. The van der Waals surface area contributed by atoms with Crippen molar-refractivity contribution < 1.29 is 19.4 Å². The molecule has 1 unspecified atom stereocenters. The van der Waals surface area contributed by atoms with Crippen LogP contribution < -0.4 is 14.8 Å². The Bertz CT molecular complexity index is 660. The third-order valence-electron chi connectivity index (χ3n) is 3.16. The molecule has 1 aromatic carbocycles. The second-order valence-corrected chi connectivity index (χ2v) is 5.89. The summed E-state index contributed by atoms with van der Waals surface area (Å²) in [7, 11) is 1.48. The highest BCUT2D eigenvalue weighted by Gasteiger charge is 2.17. The lowest BCUT2D eigenvalue weighted by Gasteiger charge is -2.14. The number of halogens is 1. The van der Waals surface area contributed by atoms with Gasteiger partial charge in [0.05, 0.1) is 24.8 Å². The highest BCUT2D eigenvalue weighted by molar-refractivity contribution is 7.07. The molecule has 0 aliphatic heterocycles. The van der Waals surface area contributed by atoms with Gasteiger partial charge in [-0.25, -0.2) is 0 Å². The summed E-state index contributed by atoms with van der Waals surface area (Å²) in [6, 6.07) is 4.89. The summed E-state index contributed by atoms with van der Waals surface area (Å²) in [6.07, 6.45) is -0.745. The summed E-state index contributed by atoms with van der Waals surface area (Å²) in [5, 5.41) is 16.7. The van der Waals surface area contributed by atoms with E-state index in [1.165, 1.54) is 24.5 Å². The first kappa shape index (κ1) is 17.6. The molecule has 0 saturated carbocycles. The molecule has 0 radical (unpaired) electrons. The van der Waals surface area contributed by atoms with Crippen molar-refractivity contribution in [2.24, 2.45) is 0 Å². The van der Waals surface area contributed by atoms with Crippen molar-refractivity contribution in [1.29, 1.82) is 0 Å². The molecule has 5 nitrogen and oxygen atoms in total. The fourth-order valence-corrected chi connectivity index (χ4v) is 2.98. The predicted octanol–water partition coefficient (Wildman–Crippen LogP) is 3.27. The van der Waals surface area contributed by atoms with Crippen LogP contribution in [0.3, 0.4) is 0 Å². The number of methoxy groups -OCH3 is 1. The highest BCUT2D eigenvalue weighted by Crippen LogP contribution is 2.36. The molecule has 1 amide bonds. The zero-order valence-corrected chi connectivity index (χ0v) is 14.4. The van der Waals surface area contributed by atoms with E-state index in [-0.39, 0.29) is 12.5 Å². The molecule has 0 aliphatic rings. The first-order chi connectivity index (χ1) is 11.1. The van der Waals surface area contributed by atoms with Crippen LogP contribution in [0.4, 0.5) is 0 Å². The summed E-state index contributed by atoms with van der Waals surface area (Å²) in [5.41, 5.74) is 1.12. The van der Waals surface area contributed by atoms with Crippen LogP contribution in [0.1, 0.15) is 28.9 Å². The molecule has 2 N–H and O–H groups in total. The van der Waals surface area contributed by atoms with Crippen molar-refractivity contribution in [3.05, 3.63) is 45.1 Å². The number of ether oxygens (including phenoxy) is 2. The maximum atomic E-state index is 12.2. The number of hydrogen-bond donors (Lipinski definition) is 2. The van der Waals surface area contributed by atoms with Gasteiger partial charge in [-0.1, -0.05) is 11.6 Å². The first-order valence-corrected chi connectivity index (χ1v) is 8.37. The Kier molecular flexibility index (Phi) is 6.27. The average molecular weight is 356 g/mol. The van der Waals surface area contributed by atoms with Crippen LogP contribution in [-0.4, -0.2) is 31.3 Å². The predicted molar refractivity (Wildman–Crippen MR) is 90.8 cm³/mol. The zero-order chi connectivity index (χ0) is 16.8. The van der Waals surface area contributed by atoms with E-state index >= 15 is 0 Å². The molecule has 1 aromatic heterocycles. The number of carbonyl (C=O) groups excluding carboxylic acids is 1. The van der Waals surface area contributed by atoms with Crippen molar-refractivity contribution in [3.63, 3.8) is 0 Å². The van der Waals surface area contributed by atoms with E-state index in [2.05, 4.69) is 5.32 Å². The molecule has 2 rings (SSSR count). The fraction of sp³-hybridized carbons (Fsp3) is 0.312. The lowest BCUT2D eigenvalue weighted by Crippen LogP contribution is -2.28. The van der Waals surface area contributed by atoms with Gasteiger partial charge in [-0.2, -0.15) is 11.3 Å². The van der Waals surface area contributed by atoms with Gasteiger partial charge >= 0.3 is 0 Å². The molecular weight excluding hydrogens is 338 g/mol. The highest BCUT2D eigenvalue weighted by atomic mass is 35.5. The maximum Gasteiger partial charge on any atom is 0.251 e. The van der Waals surface area contributed by atoms with Gasteiger partial charge in [0.1, 0.15) is 0 Å². The van der Waals surface area contributed by atoms with Gasteiger partial charge in [-0.3, -0.25) is 4.79 Å². The quantitative estimate of drug-likeness (QED) is 0.799. The van der Waals surface area contributed by atoms with E-state index in [0.29, 0.717) is 28.7 Å². The summed E-state index contributed by atoms with van der Waals surface area (Å²) in [6.45, 7) is 2.39. The number of rotatable bonds is 7. The van der Waals surface area contributed by atoms with E-state index < -0.39 is 6.10 Å². The third kappa shape index (κ3) is 4.37. The smallest absolute Gasteiger partial charge is 0.251 e. The van der Waals surface area contributed by atoms with Gasteiger partial charge in [0.2, 0.25) is 0 Å². The summed E-state index contributed by atoms with van der Waals surface area (Å²) >= 11 is 7.64. The van der Waals surface area contributed by atoms with E-state index in [0.717, 1.165) is 5.56 Å². The molecule has 0 saturated heterocycles. The van der Waals surface area contributed by atoms with Gasteiger partial charge in [-0.15, -0.1) is 0 Å². The first-order valence-electron chi connectivity index (χ1n) is 7.05. The number of carbonyl (C=O) groups is 1. The molecule has 2 aromatic rings. The average Bonchev–Trinajstić information content (AvgIpc) is 3.08.